The van der Waals surface area contributed by atoms with E-state index >= 15 is 0 Å². The van der Waals surface area contributed by atoms with E-state index in [2.05, 4.69) is 53.4 Å². The minimum absolute atomic E-state index is 0.0692. The third kappa shape index (κ3) is 4.43. The molecule has 0 aliphatic carbocycles. The molecule has 5 nitrogen and oxygen atoms in total. The Morgan fingerprint density at radius 2 is 1.96 bits per heavy atom. The second-order valence-electron chi connectivity index (χ2n) is 5.93. The lowest BCUT2D eigenvalue weighted by Crippen LogP contribution is -2.23. The Kier molecular flexibility index (Phi) is 5.81. The Morgan fingerprint density at radius 3 is 2.60 bits per heavy atom. The van der Waals surface area contributed by atoms with Crippen LogP contribution in [0.1, 0.15) is 23.6 Å². The van der Waals surface area contributed by atoms with Crippen molar-refractivity contribution in [1.29, 1.82) is 0 Å². The molecule has 2 aromatic rings. The van der Waals surface area contributed by atoms with Gasteiger partial charge in [0.1, 0.15) is 9.38 Å². The van der Waals surface area contributed by atoms with Crippen LogP contribution in [-0.4, -0.2) is 38.0 Å². The standard InChI is InChI=1S/C17H20N4OS3/c1-9-7-10(2)13(11(3)8-9)15-20-21-16(25-15)19-14(22)12(4)24-17-18-5-6-23-17/h7-8,12H,5-6H2,1-4H3,(H,19,21,22)/t12-/m0/s1. The molecule has 0 spiro atoms. The van der Waals surface area contributed by atoms with E-state index in [1.54, 1.807) is 11.8 Å². The van der Waals surface area contributed by atoms with Gasteiger partial charge in [-0.05, 0) is 38.8 Å². The molecule has 1 atom stereocenters. The van der Waals surface area contributed by atoms with Gasteiger partial charge in [0.2, 0.25) is 11.0 Å². The summed E-state index contributed by atoms with van der Waals surface area (Å²) in [6.45, 7) is 8.97. The Balaban J connectivity index is 1.70. The molecule has 25 heavy (non-hydrogen) atoms. The van der Waals surface area contributed by atoms with Gasteiger partial charge in [-0.3, -0.25) is 15.1 Å². The van der Waals surface area contributed by atoms with Crippen molar-refractivity contribution >= 4 is 50.3 Å². The maximum atomic E-state index is 12.4. The first-order valence-electron chi connectivity index (χ1n) is 8.00. The highest BCUT2D eigenvalue weighted by molar-refractivity contribution is 8.39. The van der Waals surface area contributed by atoms with Crippen molar-refractivity contribution < 1.29 is 4.79 Å². The van der Waals surface area contributed by atoms with Crippen molar-refractivity contribution in [2.24, 2.45) is 4.99 Å². The van der Waals surface area contributed by atoms with Gasteiger partial charge < -0.3 is 0 Å². The number of carbonyl (C=O) groups is 1. The number of aliphatic imine (C=N–C) groups is 1. The van der Waals surface area contributed by atoms with E-state index in [1.165, 1.54) is 39.8 Å². The monoisotopic (exact) mass is 392 g/mol. The summed E-state index contributed by atoms with van der Waals surface area (Å²) in [4.78, 5) is 16.7. The molecule has 1 amide bonds. The minimum Gasteiger partial charge on any atom is -0.300 e. The lowest BCUT2D eigenvalue weighted by Gasteiger charge is -2.09. The first kappa shape index (κ1) is 18.4. The number of anilines is 1. The number of nitrogens with one attached hydrogen (secondary N) is 1. The third-order valence-corrected chi connectivity index (χ3v) is 6.91. The summed E-state index contributed by atoms with van der Waals surface area (Å²) in [5.41, 5.74) is 4.68. The number of thioether (sulfide) groups is 2. The van der Waals surface area contributed by atoms with Crippen LogP contribution in [0.5, 0.6) is 0 Å². The van der Waals surface area contributed by atoms with Crippen LogP contribution in [0.25, 0.3) is 10.6 Å². The van der Waals surface area contributed by atoms with Crippen molar-refractivity contribution in [3.63, 3.8) is 0 Å². The summed E-state index contributed by atoms with van der Waals surface area (Å²) in [6, 6.07) is 4.28. The zero-order chi connectivity index (χ0) is 18.0. The van der Waals surface area contributed by atoms with Crippen molar-refractivity contribution in [2.75, 3.05) is 17.6 Å². The van der Waals surface area contributed by atoms with Crippen LogP contribution in [0.2, 0.25) is 0 Å². The summed E-state index contributed by atoms with van der Waals surface area (Å²) < 4.78 is 0.992. The van der Waals surface area contributed by atoms with Crippen LogP contribution in [0.15, 0.2) is 17.1 Å². The van der Waals surface area contributed by atoms with Crippen molar-refractivity contribution in [2.45, 2.75) is 32.9 Å². The van der Waals surface area contributed by atoms with E-state index in [0.29, 0.717) is 5.13 Å². The smallest absolute Gasteiger partial charge is 0.239 e. The number of hydrogen-bond donors (Lipinski definition) is 1. The van der Waals surface area contributed by atoms with Gasteiger partial charge in [0.05, 0.1) is 11.8 Å². The second-order valence-corrected chi connectivity index (χ2v) is 9.58. The van der Waals surface area contributed by atoms with Gasteiger partial charge in [-0.15, -0.1) is 10.2 Å². The van der Waals surface area contributed by atoms with Crippen molar-refractivity contribution in [3.05, 3.63) is 28.8 Å². The number of benzene rings is 1. The van der Waals surface area contributed by atoms with E-state index in [0.717, 1.165) is 27.2 Å². The maximum Gasteiger partial charge on any atom is 0.239 e. The second kappa shape index (κ2) is 7.88. The first-order valence-corrected chi connectivity index (χ1v) is 10.7. The summed E-state index contributed by atoms with van der Waals surface area (Å²) in [5, 5.41) is 12.5. The number of aryl methyl sites for hydroxylation is 3. The molecule has 8 heteroatoms. The first-order chi connectivity index (χ1) is 11.9. The number of rotatable bonds is 4. The van der Waals surface area contributed by atoms with Gasteiger partial charge in [-0.25, -0.2) is 0 Å². The van der Waals surface area contributed by atoms with Gasteiger partial charge in [-0.2, -0.15) is 0 Å². The topological polar surface area (TPSA) is 67.2 Å². The van der Waals surface area contributed by atoms with E-state index in [9.17, 15) is 4.79 Å². The van der Waals surface area contributed by atoms with Crippen LogP contribution in [0.4, 0.5) is 5.13 Å². The van der Waals surface area contributed by atoms with E-state index < -0.39 is 0 Å². The highest BCUT2D eigenvalue weighted by atomic mass is 32.2. The maximum absolute atomic E-state index is 12.4. The van der Waals surface area contributed by atoms with Crippen LogP contribution < -0.4 is 5.32 Å². The molecule has 1 N–H and O–H groups in total. The molecule has 2 heterocycles. The number of nitrogens with zero attached hydrogens (tertiary/aromatic N) is 3. The molecule has 3 rings (SSSR count). The predicted molar refractivity (Wildman–Crippen MR) is 110 cm³/mol. The summed E-state index contributed by atoms with van der Waals surface area (Å²) in [6.07, 6.45) is 0. The highest BCUT2D eigenvalue weighted by Gasteiger charge is 2.20. The molecule has 0 fully saturated rings. The SMILES string of the molecule is Cc1cc(C)c(-c2nnc(NC(=O)[C@H](C)SC3=NCCS3)s2)c(C)c1. The molecule has 132 valence electrons. The van der Waals surface area contributed by atoms with E-state index in [-0.39, 0.29) is 11.2 Å². The number of hydrogen-bond acceptors (Lipinski definition) is 7. The van der Waals surface area contributed by atoms with Crippen molar-refractivity contribution in [1.82, 2.24) is 10.2 Å². The normalized spacial score (nSPS) is 15.1. The quantitative estimate of drug-likeness (QED) is 0.840. The van der Waals surface area contributed by atoms with Crippen LogP contribution in [-0.2, 0) is 4.79 Å². The van der Waals surface area contributed by atoms with Gasteiger partial charge in [0.25, 0.3) is 0 Å². The fraction of sp³-hybridized carbons (Fsp3) is 0.412. The third-order valence-electron chi connectivity index (χ3n) is 3.75. The number of aromatic nitrogens is 2. The molecule has 0 saturated carbocycles. The van der Waals surface area contributed by atoms with Crippen LogP contribution >= 0.6 is 34.9 Å². The minimum atomic E-state index is -0.209. The summed E-state index contributed by atoms with van der Waals surface area (Å²) >= 11 is 4.62. The molecule has 1 aromatic carbocycles. The largest absolute Gasteiger partial charge is 0.300 e. The number of carbonyl (C=O) groups excluding carboxylic acids is 1. The van der Waals surface area contributed by atoms with E-state index in [1.807, 2.05) is 6.92 Å². The summed E-state index contributed by atoms with van der Waals surface area (Å²) in [5.74, 6) is 0.936. The van der Waals surface area contributed by atoms with Crippen LogP contribution in [0.3, 0.4) is 0 Å². The molecule has 0 unspecified atom stereocenters. The molecular formula is C17H20N4OS3. The fourth-order valence-corrected chi connectivity index (χ4v) is 5.74. The molecule has 1 aliphatic rings. The van der Waals surface area contributed by atoms with Gasteiger partial charge in [0.15, 0.2) is 0 Å². The van der Waals surface area contributed by atoms with Crippen LogP contribution in [0, 0.1) is 20.8 Å². The Labute approximate surface area is 160 Å². The molecule has 1 aromatic heterocycles. The Morgan fingerprint density at radius 1 is 1.24 bits per heavy atom. The number of amides is 1. The lowest BCUT2D eigenvalue weighted by atomic mass is 10.0. The molecular weight excluding hydrogens is 372 g/mol. The van der Waals surface area contributed by atoms with Crippen molar-refractivity contribution in [3.8, 4) is 10.6 Å². The Hall–Kier alpha value is -1.38. The molecule has 0 bridgehead atoms. The Bertz CT molecular complexity index is 808. The fourth-order valence-electron chi connectivity index (χ4n) is 2.69. The molecule has 1 aliphatic heterocycles. The van der Waals surface area contributed by atoms with E-state index in [4.69, 9.17) is 0 Å². The zero-order valence-corrected chi connectivity index (χ0v) is 17.1. The van der Waals surface area contributed by atoms with Gasteiger partial charge in [-0.1, -0.05) is 52.6 Å². The van der Waals surface area contributed by atoms with Gasteiger partial charge >= 0.3 is 0 Å². The summed E-state index contributed by atoms with van der Waals surface area (Å²) in [7, 11) is 0. The lowest BCUT2D eigenvalue weighted by molar-refractivity contribution is -0.115. The molecule has 0 saturated heterocycles. The zero-order valence-electron chi connectivity index (χ0n) is 14.6. The average molecular weight is 393 g/mol. The van der Waals surface area contributed by atoms with Gasteiger partial charge in [0, 0.05) is 11.3 Å². The average Bonchev–Trinajstić information content (AvgIpc) is 3.18. The molecule has 0 radical (unpaired) electrons. The highest BCUT2D eigenvalue weighted by Crippen LogP contribution is 2.33. The predicted octanol–water partition coefficient (Wildman–Crippen LogP) is 4.29.